The quantitative estimate of drug-likeness (QED) is 0.732. The standard InChI is InChI=1S/C20H18F3NO4/c1-27-16-8-3-12(9-17(16)28-2)13-10-18(25)24(19(26)11-13)15-6-4-14(5-7-15)20(21,22)23/h3-9,13H,10-11H2,1-2H3. The molecule has 1 aliphatic rings. The van der Waals surface area contributed by atoms with Gasteiger partial charge in [-0.2, -0.15) is 13.2 Å². The van der Waals surface area contributed by atoms with Gasteiger partial charge in [0.1, 0.15) is 0 Å². The van der Waals surface area contributed by atoms with Crippen LogP contribution < -0.4 is 14.4 Å². The Hall–Kier alpha value is -3.03. The number of amides is 2. The van der Waals surface area contributed by atoms with Gasteiger partial charge >= 0.3 is 6.18 Å². The van der Waals surface area contributed by atoms with Crippen LogP contribution in [0.25, 0.3) is 0 Å². The maximum absolute atomic E-state index is 12.7. The Balaban J connectivity index is 1.81. The van der Waals surface area contributed by atoms with Gasteiger partial charge in [0.05, 0.1) is 25.5 Å². The van der Waals surface area contributed by atoms with Gasteiger partial charge in [-0.05, 0) is 42.0 Å². The summed E-state index contributed by atoms with van der Waals surface area (Å²) in [6, 6.07) is 9.17. The molecule has 0 aromatic heterocycles. The van der Waals surface area contributed by atoms with Crippen LogP contribution in [0.5, 0.6) is 11.5 Å². The molecule has 0 radical (unpaired) electrons. The molecule has 2 aromatic carbocycles. The molecule has 28 heavy (non-hydrogen) atoms. The summed E-state index contributed by atoms with van der Waals surface area (Å²) in [5.74, 6) is -0.242. The lowest BCUT2D eigenvalue weighted by Gasteiger charge is -2.30. The highest BCUT2D eigenvalue weighted by Crippen LogP contribution is 2.37. The number of anilines is 1. The molecule has 2 aromatic rings. The maximum atomic E-state index is 12.7. The van der Waals surface area contributed by atoms with Crippen molar-refractivity contribution in [2.75, 3.05) is 19.1 Å². The Morgan fingerprint density at radius 1 is 0.893 bits per heavy atom. The van der Waals surface area contributed by atoms with Crippen LogP contribution in [-0.4, -0.2) is 26.0 Å². The lowest BCUT2D eigenvalue weighted by molar-refractivity contribution is -0.137. The van der Waals surface area contributed by atoms with E-state index in [4.69, 9.17) is 9.47 Å². The van der Waals surface area contributed by atoms with Gasteiger partial charge in [0.15, 0.2) is 11.5 Å². The Morgan fingerprint density at radius 3 is 1.96 bits per heavy atom. The average molecular weight is 393 g/mol. The molecule has 2 amide bonds. The molecular weight excluding hydrogens is 375 g/mol. The molecule has 1 saturated heterocycles. The molecule has 1 heterocycles. The minimum atomic E-state index is -4.48. The number of rotatable bonds is 4. The minimum Gasteiger partial charge on any atom is -0.493 e. The van der Waals surface area contributed by atoms with Crippen LogP contribution in [0.2, 0.25) is 0 Å². The molecule has 5 nitrogen and oxygen atoms in total. The fourth-order valence-corrected chi connectivity index (χ4v) is 3.25. The molecule has 0 N–H and O–H groups in total. The summed E-state index contributed by atoms with van der Waals surface area (Å²) >= 11 is 0. The molecule has 8 heteroatoms. The average Bonchev–Trinajstić information content (AvgIpc) is 2.66. The number of imide groups is 1. The highest BCUT2D eigenvalue weighted by atomic mass is 19.4. The van der Waals surface area contributed by atoms with Gasteiger partial charge in [-0.15, -0.1) is 0 Å². The lowest BCUT2D eigenvalue weighted by atomic mass is 9.88. The Labute approximate surface area is 159 Å². The second-order valence-electron chi connectivity index (χ2n) is 6.39. The molecule has 0 bridgehead atoms. The number of nitrogens with zero attached hydrogens (tertiary/aromatic N) is 1. The van der Waals surface area contributed by atoms with E-state index in [1.807, 2.05) is 0 Å². The van der Waals surface area contributed by atoms with Crippen molar-refractivity contribution in [2.45, 2.75) is 24.9 Å². The number of hydrogen-bond donors (Lipinski definition) is 0. The van der Waals surface area contributed by atoms with E-state index in [0.717, 1.165) is 34.7 Å². The molecular formula is C20H18F3NO4. The summed E-state index contributed by atoms with van der Waals surface area (Å²) in [6.45, 7) is 0. The van der Waals surface area contributed by atoms with E-state index in [-0.39, 0.29) is 24.4 Å². The summed E-state index contributed by atoms with van der Waals surface area (Å²) < 4.78 is 48.5. The highest BCUT2D eigenvalue weighted by Gasteiger charge is 2.35. The Bertz CT molecular complexity index is 875. The van der Waals surface area contributed by atoms with Gasteiger partial charge in [0, 0.05) is 18.8 Å². The smallest absolute Gasteiger partial charge is 0.416 e. The van der Waals surface area contributed by atoms with Crippen molar-refractivity contribution in [3.8, 4) is 11.5 Å². The number of carbonyl (C=O) groups is 2. The Kier molecular flexibility index (Phi) is 5.31. The summed E-state index contributed by atoms with van der Waals surface area (Å²) in [5, 5.41) is 0. The molecule has 1 aliphatic heterocycles. The molecule has 0 aliphatic carbocycles. The van der Waals surface area contributed by atoms with E-state index >= 15 is 0 Å². The highest BCUT2D eigenvalue weighted by molar-refractivity contribution is 6.17. The van der Waals surface area contributed by atoms with Crippen LogP contribution in [0.15, 0.2) is 42.5 Å². The number of halogens is 3. The summed E-state index contributed by atoms with van der Waals surface area (Å²) in [7, 11) is 3.00. The van der Waals surface area contributed by atoms with Crippen molar-refractivity contribution in [2.24, 2.45) is 0 Å². The first-order valence-corrected chi connectivity index (χ1v) is 8.49. The van der Waals surface area contributed by atoms with E-state index in [2.05, 4.69) is 0 Å². The van der Waals surface area contributed by atoms with Crippen molar-refractivity contribution in [1.82, 2.24) is 0 Å². The normalized spacial score (nSPS) is 15.7. The summed E-state index contributed by atoms with van der Waals surface area (Å²) in [5.41, 5.74) is 0.0524. The SMILES string of the molecule is COc1ccc(C2CC(=O)N(c3ccc(C(F)(F)F)cc3)C(=O)C2)cc1OC. The monoisotopic (exact) mass is 393 g/mol. The van der Waals surface area contributed by atoms with Gasteiger partial charge in [0.2, 0.25) is 11.8 Å². The number of carbonyl (C=O) groups excluding carboxylic acids is 2. The first kappa shape index (κ1) is 19.7. The van der Waals surface area contributed by atoms with Crippen molar-refractivity contribution >= 4 is 17.5 Å². The summed E-state index contributed by atoms with van der Waals surface area (Å²) in [6.07, 6.45) is -4.36. The van der Waals surface area contributed by atoms with Gasteiger partial charge in [-0.25, -0.2) is 0 Å². The van der Waals surface area contributed by atoms with E-state index in [1.54, 1.807) is 18.2 Å². The molecule has 0 atom stereocenters. The van der Waals surface area contributed by atoms with Crippen LogP contribution >= 0.6 is 0 Å². The van der Waals surface area contributed by atoms with Gasteiger partial charge in [-0.1, -0.05) is 6.07 Å². The first-order valence-electron chi connectivity index (χ1n) is 8.49. The number of methoxy groups -OCH3 is 2. The zero-order valence-corrected chi connectivity index (χ0v) is 15.2. The second-order valence-corrected chi connectivity index (χ2v) is 6.39. The fraction of sp³-hybridized carbons (Fsp3) is 0.300. The molecule has 3 rings (SSSR count). The number of benzene rings is 2. The molecule has 0 spiro atoms. The van der Waals surface area contributed by atoms with E-state index in [0.29, 0.717) is 11.5 Å². The van der Waals surface area contributed by atoms with Gasteiger partial charge in [0.25, 0.3) is 0 Å². The zero-order chi connectivity index (χ0) is 20.5. The second kappa shape index (κ2) is 7.53. The van der Waals surface area contributed by atoms with E-state index in [1.165, 1.54) is 14.2 Å². The van der Waals surface area contributed by atoms with Gasteiger partial charge in [-0.3, -0.25) is 14.5 Å². The van der Waals surface area contributed by atoms with Crippen molar-refractivity contribution in [3.05, 3.63) is 53.6 Å². The third-order valence-electron chi connectivity index (χ3n) is 4.67. The van der Waals surface area contributed by atoms with Crippen LogP contribution in [0.1, 0.15) is 29.9 Å². The number of hydrogen-bond acceptors (Lipinski definition) is 4. The zero-order valence-electron chi connectivity index (χ0n) is 15.2. The third-order valence-corrected chi connectivity index (χ3v) is 4.67. The number of piperidine rings is 1. The number of alkyl halides is 3. The van der Waals surface area contributed by atoms with Crippen molar-refractivity contribution in [1.29, 1.82) is 0 Å². The fourth-order valence-electron chi connectivity index (χ4n) is 3.25. The largest absolute Gasteiger partial charge is 0.493 e. The van der Waals surface area contributed by atoms with Crippen LogP contribution in [0.3, 0.4) is 0 Å². The Morgan fingerprint density at radius 2 is 1.46 bits per heavy atom. The molecule has 1 fully saturated rings. The minimum absolute atomic E-state index is 0.0578. The maximum Gasteiger partial charge on any atom is 0.416 e. The lowest BCUT2D eigenvalue weighted by Crippen LogP contribution is -2.42. The van der Waals surface area contributed by atoms with Crippen LogP contribution in [0, 0.1) is 0 Å². The number of ether oxygens (including phenoxy) is 2. The first-order chi connectivity index (χ1) is 13.2. The third kappa shape index (κ3) is 3.81. The van der Waals surface area contributed by atoms with Gasteiger partial charge < -0.3 is 9.47 Å². The topological polar surface area (TPSA) is 55.8 Å². The molecule has 0 saturated carbocycles. The summed E-state index contributed by atoms with van der Waals surface area (Å²) in [4.78, 5) is 26.1. The van der Waals surface area contributed by atoms with Crippen molar-refractivity contribution < 1.29 is 32.2 Å². The van der Waals surface area contributed by atoms with Crippen molar-refractivity contribution in [3.63, 3.8) is 0 Å². The molecule has 148 valence electrons. The van der Waals surface area contributed by atoms with E-state index in [9.17, 15) is 22.8 Å². The van der Waals surface area contributed by atoms with Crippen LogP contribution in [-0.2, 0) is 15.8 Å². The predicted octanol–water partition coefficient (Wildman–Crippen LogP) is 4.16. The predicted molar refractivity (Wildman–Crippen MR) is 95.5 cm³/mol. The van der Waals surface area contributed by atoms with E-state index < -0.39 is 23.6 Å². The molecule has 0 unspecified atom stereocenters. The van der Waals surface area contributed by atoms with Crippen LogP contribution in [0.4, 0.5) is 18.9 Å².